The molecule has 1 heterocycles. The van der Waals surface area contributed by atoms with Gasteiger partial charge in [0, 0.05) is 6.54 Å². The first kappa shape index (κ1) is 19.1. The largest absolute Gasteiger partial charge is 0.350 e. The highest BCUT2D eigenvalue weighted by molar-refractivity contribution is 8.26. The van der Waals surface area contributed by atoms with Gasteiger partial charge < -0.3 is 5.32 Å². The van der Waals surface area contributed by atoms with E-state index in [0.29, 0.717) is 15.8 Å². The molecule has 0 aliphatic carbocycles. The number of carbonyl (C=O) groups is 2. The molecule has 0 radical (unpaired) electrons. The van der Waals surface area contributed by atoms with Crippen LogP contribution in [0.2, 0.25) is 0 Å². The predicted octanol–water partition coefficient (Wildman–Crippen LogP) is 3.76. The van der Waals surface area contributed by atoms with Crippen molar-refractivity contribution in [3.05, 3.63) is 88.8 Å². The first-order chi connectivity index (χ1) is 13.1. The van der Waals surface area contributed by atoms with Crippen LogP contribution in [0.25, 0.3) is 6.08 Å². The molecule has 136 valence electrons. The van der Waals surface area contributed by atoms with Gasteiger partial charge in [-0.25, -0.2) is 0 Å². The molecule has 0 unspecified atom stereocenters. The lowest BCUT2D eigenvalue weighted by Crippen LogP contribution is -2.39. The number of amides is 2. The third-order valence-corrected chi connectivity index (χ3v) is 5.24. The van der Waals surface area contributed by atoms with Crippen molar-refractivity contribution in [3.63, 3.8) is 0 Å². The average molecular weight is 395 g/mol. The Morgan fingerprint density at radius 3 is 2.44 bits per heavy atom. The number of hydrogen-bond acceptors (Lipinski definition) is 4. The van der Waals surface area contributed by atoms with Crippen LogP contribution in [-0.4, -0.2) is 27.6 Å². The van der Waals surface area contributed by atoms with E-state index in [4.69, 9.17) is 12.2 Å². The molecule has 0 bridgehead atoms. The minimum Gasteiger partial charge on any atom is -0.350 e. The SMILES string of the molecule is O=C(CN1C(=O)/C(=C/C=C/c2ccccc2)SC1=S)NCc1ccccc1. The maximum Gasteiger partial charge on any atom is 0.266 e. The highest BCUT2D eigenvalue weighted by Gasteiger charge is 2.32. The molecule has 2 aromatic rings. The van der Waals surface area contributed by atoms with Gasteiger partial charge in [0.1, 0.15) is 10.9 Å². The van der Waals surface area contributed by atoms with E-state index in [9.17, 15) is 9.59 Å². The summed E-state index contributed by atoms with van der Waals surface area (Å²) in [4.78, 5) is 26.5. The topological polar surface area (TPSA) is 49.4 Å². The molecular weight excluding hydrogens is 376 g/mol. The van der Waals surface area contributed by atoms with E-state index in [-0.39, 0.29) is 18.4 Å². The summed E-state index contributed by atoms with van der Waals surface area (Å²) in [5, 5.41) is 2.81. The summed E-state index contributed by atoms with van der Waals surface area (Å²) in [6, 6.07) is 19.4. The van der Waals surface area contributed by atoms with Crippen LogP contribution in [0.5, 0.6) is 0 Å². The van der Waals surface area contributed by atoms with Crippen molar-refractivity contribution >= 4 is 46.2 Å². The Hall–Kier alpha value is -2.70. The third-order valence-electron chi connectivity index (χ3n) is 3.84. The Balaban J connectivity index is 1.56. The molecule has 0 spiro atoms. The number of rotatable bonds is 6. The summed E-state index contributed by atoms with van der Waals surface area (Å²) in [5.74, 6) is -0.478. The van der Waals surface area contributed by atoms with E-state index < -0.39 is 0 Å². The molecule has 0 saturated carbocycles. The summed E-state index contributed by atoms with van der Waals surface area (Å²) in [6.07, 6.45) is 5.46. The van der Waals surface area contributed by atoms with E-state index >= 15 is 0 Å². The fourth-order valence-corrected chi connectivity index (χ4v) is 3.66. The summed E-state index contributed by atoms with van der Waals surface area (Å²) in [7, 11) is 0. The van der Waals surface area contributed by atoms with E-state index in [1.165, 1.54) is 16.7 Å². The number of thiocarbonyl (C=S) groups is 1. The molecule has 2 aromatic carbocycles. The van der Waals surface area contributed by atoms with E-state index in [1.807, 2.05) is 72.8 Å². The quantitative estimate of drug-likeness (QED) is 0.599. The Kier molecular flexibility index (Phi) is 6.57. The first-order valence-electron chi connectivity index (χ1n) is 8.41. The predicted molar refractivity (Wildman–Crippen MR) is 114 cm³/mol. The van der Waals surface area contributed by atoms with Crippen molar-refractivity contribution in [3.8, 4) is 0 Å². The molecule has 1 fully saturated rings. The van der Waals surface area contributed by atoms with Crippen molar-refractivity contribution in [2.24, 2.45) is 0 Å². The highest BCUT2D eigenvalue weighted by atomic mass is 32.2. The molecule has 0 atom stereocenters. The van der Waals surface area contributed by atoms with Gasteiger partial charge in [0.15, 0.2) is 0 Å². The van der Waals surface area contributed by atoms with Crippen LogP contribution in [0.3, 0.4) is 0 Å². The average Bonchev–Trinajstić information content (AvgIpc) is 2.96. The second-order valence-corrected chi connectivity index (χ2v) is 7.50. The zero-order valence-electron chi connectivity index (χ0n) is 14.5. The number of benzene rings is 2. The van der Waals surface area contributed by atoms with E-state index in [2.05, 4.69) is 5.32 Å². The summed E-state index contributed by atoms with van der Waals surface area (Å²) >= 11 is 6.47. The summed E-state index contributed by atoms with van der Waals surface area (Å²) in [6.45, 7) is 0.349. The minimum absolute atomic E-state index is 0.0722. The Labute approximate surface area is 168 Å². The maximum atomic E-state index is 12.5. The monoisotopic (exact) mass is 394 g/mol. The third kappa shape index (κ3) is 5.39. The van der Waals surface area contributed by atoms with Crippen LogP contribution in [-0.2, 0) is 16.1 Å². The second-order valence-electron chi connectivity index (χ2n) is 5.82. The van der Waals surface area contributed by atoms with Gasteiger partial charge in [-0.15, -0.1) is 0 Å². The molecule has 1 N–H and O–H groups in total. The standard InChI is InChI=1S/C21H18N2O2S2/c24-19(22-14-17-10-5-2-6-11-17)15-23-20(25)18(27-21(23)26)13-7-12-16-8-3-1-4-9-16/h1-13H,14-15H2,(H,22,24)/b12-7+,18-13-. The smallest absolute Gasteiger partial charge is 0.266 e. The lowest BCUT2D eigenvalue weighted by molar-refractivity contribution is -0.128. The number of allylic oxidation sites excluding steroid dienone is 2. The van der Waals surface area contributed by atoms with Gasteiger partial charge in [0.25, 0.3) is 5.91 Å². The number of carbonyl (C=O) groups excluding carboxylic acids is 2. The van der Waals surface area contributed by atoms with Crippen molar-refractivity contribution in [1.29, 1.82) is 0 Å². The molecule has 27 heavy (non-hydrogen) atoms. The Morgan fingerprint density at radius 2 is 1.74 bits per heavy atom. The molecule has 0 aromatic heterocycles. The summed E-state index contributed by atoms with van der Waals surface area (Å²) < 4.78 is 0.397. The molecule has 1 aliphatic heterocycles. The van der Waals surface area contributed by atoms with Gasteiger partial charge in [-0.2, -0.15) is 0 Å². The minimum atomic E-state index is -0.240. The van der Waals surface area contributed by atoms with Gasteiger partial charge >= 0.3 is 0 Å². The number of nitrogens with one attached hydrogen (secondary N) is 1. The van der Waals surface area contributed by atoms with Crippen LogP contribution in [0, 0.1) is 0 Å². The molecule has 4 nitrogen and oxygen atoms in total. The molecule has 2 amide bonds. The molecule has 1 aliphatic rings. The fourth-order valence-electron chi connectivity index (χ4n) is 2.46. The van der Waals surface area contributed by atoms with Crippen LogP contribution < -0.4 is 5.32 Å². The normalized spacial score (nSPS) is 15.7. The zero-order chi connectivity index (χ0) is 19.1. The van der Waals surface area contributed by atoms with Crippen LogP contribution in [0.1, 0.15) is 11.1 Å². The molecule has 3 rings (SSSR count). The van der Waals surface area contributed by atoms with E-state index in [0.717, 1.165) is 11.1 Å². The zero-order valence-corrected chi connectivity index (χ0v) is 16.1. The van der Waals surface area contributed by atoms with Crippen molar-refractivity contribution in [2.75, 3.05) is 6.54 Å². The van der Waals surface area contributed by atoms with Crippen LogP contribution in [0.15, 0.2) is 77.7 Å². The van der Waals surface area contributed by atoms with Crippen molar-refractivity contribution < 1.29 is 9.59 Å². The maximum absolute atomic E-state index is 12.5. The molecular formula is C21H18N2O2S2. The van der Waals surface area contributed by atoms with Crippen molar-refractivity contribution in [1.82, 2.24) is 10.2 Å². The number of nitrogens with zero attached hydrogens (tertiary/aromatic N) is 1. The Bertz CT molecular complexity index is 893. The Morgan fingerprint density at radius 1 is 1.07 bits per heavy atom. The number of thioether (sulfide) groups is 1. The highest BCUT2D eigenvalue weighted by Crippen LogP contribution is 2.30. The van der Waals surface area contributed by atoms with Gasteiger partial charge in [-0.3, -0.25) is 14.5 Å². The first-order valence-corrected chi connectivity index (χ1v) is 9.63. The molecule has 6 heteroatoms. The van der Waals surface area contributed by atoms with Gasteiger partial charge in [-0.1, -0.05) is 96.8 Å². The van der Waals surface area contributed by atoms with Crippen LogP contribution in [0.4, 0.5) is 0 Å². The second kappa shape index (κ2) is 9.30. The summed E-state index contributed by atoms with van der Waals surface area (Å²) in [5.41, 5.74) is 2.05. The van der Waals surface area contributed by atoms with E-state index in [1.54, 1.807) is 6.08 Å². The van der Waals surface area contributed by atoms with Gasteiger partial charge in [-0.05, 0) is 17.2 Å². The van der Waals surface area contributed by atoms with Gasteiger partial charge in [0.2, 0.25) is 5.91 Å². The lowest BCUT2D eigenvalue weighted by atomic mass is 10.2. The van der Waals surface area contributed by atoms with Crippen molar-refractivity contribution in [2.45, 2.75) is 6.54 Å². The van der Waals surface area contributed by atoms with Crippen LogP contribution >= 0.6 is 24.0 Å². The molecule has 1 saturated heterocycles. The lowest BCUT2D eigenvalue weighted by Gasteiger charge is -2.14. The van der Waals surface area contributed by atoms with Gasteiger partial charge in [0.05, 0.1) is 4.91 Å². The fraction of sp³-hybridized carbons (Fsp3) is 0.0952. The number of hydrogen-bond donors (Lipinski definition) is 1.